The van der Waals surface area contributed by atoms with Crippen LogP contribution in [-0.2, 0) is 52.3 Å². The van der Waals surface area contributed by atoms with Gasteiger partial charge in [-0.1, -0.05) is 36.4 Å². The minimum absolute atomic E-state index is 0.0502. The molecule has 58 heavy (non-hydrogen) atoms. The molecule has 4 spiro atoms. The van der Waals surface area contributed by atoms with Crippen molar-refractivity contribution in [2.24, 2.45) is 22.7 Å². The first-order valence-corrected chi connectivity index (χ1v) is 21.6. The van der Waals surface area contributed by atoms with Gasteiger partial charge in [0.15, 0.2) is 0 Å². The maximum atomic E-state index is 12.9. The van der Waals surface area contributed by atoms with Gasteiger partial charge in [-0.25, -0.2) is 0 Å². The Labute approximate surface area is 341 Å². The fourth-order valence-corrected chi connectivity index (χ4v) is 16.3. The first-order valence-electron chi connectivity index (χ1n) is 21.6. The summed E-state index contributed by atoms with van der Waals surface area (Å²) in [6, 6.07) is 8.93. The Balaban J connectivity index is 0.000000133. The van der Waals surface area contributed by atoms with Gasteiger partial charge in [-0.15, -0.1) is 0 Å². The van der Waals surface area contributed by atoms with Crippen molar-refractivity contribution in [3.05, 3.63) is 69.8 Å². The van der Waals surface area contributed by atoms with Gasteiger partial charge >= 0.3 is 0 Å². The Morgan fingerprint density at radius 3 is 1.81 bits per heavy atom. The summed E-state index contributed by atoms with van der Waals surface area (Å²) in [7, 11) is 3.47. The van der Waals surface area contributed by atoms with Crippen LogP contribution in [0, 0.1) is 36.5 Å². The molecular formula is C48H56N2O8. The fourth-order valence-electron chi connectivity index (χ4n) is 16.3. The maximum Gasteiger partial charge on any atom is 0.219 e. The highest BCUT2D eigenvalue weighted by Crippen LogP contribution is 2.77. The van der Waals surface area contributed by atoms with E-state index >= 15 is 0 Å². The number of benzene rings is 2. The van der Waals surface area contributed by atoms with Gasteiger partial charge < -0.3 is 28.7 Å². The molecule has 10 nitrogen and oxygen atoms in total. The van der Waals surface area contributed by atoms with E-state index in [0.717, 1.165) is 75.1 Å². The molecular weight excluding hydrogens is 733 g/mol. The first kappa shape index (κ1) is 37.0. The Morgan fingerprint density at radius 1 is 0.655 bits per heavy atom. The highest BCUT2D eigenvalue weighted by Gasteiger charge is 2.82. The zero-order chi connectivity index (χ0) is 40.7. The highest BCUT2D eigenvalue weighted by atomic mass is 16.6. The quantitative estimate of drug-likeness (QED) is 0.365. The predicted octanol–water partition coefficient (Wildman–Crippen LogP) is 5.67. The number of nitrogens with zero attached hydrogens (tertiary/aromatic N) is 2. The van der Waals surface area contributed by atoms with E-state index in [1.54, 1.807) is 41.9 Å². The van der Waals surface area contributed by atoms with Crippen LogP contribution >= 0.6 is 0 Å². The van der Waals surface area contributed by atoms with E-state index in [1.807, 2.05) is 0 Å². The number of Topliss-reactive ketones (excluding diaryl/α,β-unsaturated/α-hetero) is 2. The largest absolute Gasteiger partial charge is 0.486 e. The number of hydrogen-bond acceptors (Lipinski definition) is 8. The van der Waals surface area contributed by atoms with Gasteiger partial charge in [0.25, 0.3) is 0 Å². The number of hydrogen-bond donors (Lipinski definition) is 0. The van der Waals surface area contributed by atoms with Gasteiger partial charge in [-0.3, -0.25) is 19.2 Å². The second-order valence-electron chi connectivity index (χ2n) is 19.8. The summed E-state index contributed by atoms with van der Waals surface area (Å²) in [5, 5.41) is 0. The molecule has 2 aromatic rings. The molecule has 10 heteroatoms. The third kappa shape index (κ3) is 3.74. The number of ketones is 2. The van der Waals surface area contributed by atoms with Gasteiger partial charge in [0, 0.05) is 80.6 Å². The molecule has 4 aliphatic heterocycles. The minimum atomic E-state index is -0.753. The Hall–Kier alpha value is -4.02. The lowest BCUT2D eigenvalue weighted by atomic mass is 9.34. The van der Waals surface area contributed by atoms with E-state index in [2.05, 4.69) is 60.1 Å². The number of amides is 2. The van der Waals surface area contributed by atoms with Gasteiger partial charge in [-0.2, -0.15) is 0 Å². The van der Waals surface area contributed by atoms with Crippen molar-refractivity contribution < 1.29 is 38.1 Å². The average Bonchev–Trinajstić information content (AvgIpc) is 3.76. The molecule has 6 fully saturated rings. The molecule has 0 N–H and O–H groups in total. The van der Waals surface area contributed by atoms with Crippen molar-refractivity contribution in [2.45, 2.75) is 139 Å². The van der Waals surface area contributed by atoms with E-state index in [0.29, 0.717) is 6.42 Å². The van der Waals surface area contributed by atoms with Crippen LogP contribution < -0.4 is 9.47 Å². The Bertz CT molecular complexity index is 2290. The Kier molecular flexibility index (Phi) is 7.29. The molecule has 306 valence electrons. The fraction of sp³-hybridized carbons (Fsp3) is 0.625. The number of rotatable bonds is 4. The average molecular weight is 789 g/mol. The lowest BCUT2D eigenvalue weighted by Gasteiger charge is -2.73. The number of carbonyl (C=O) groups excluding carboxylic acids is 4. The third-order valence-corrected chi connectivity index (χ3v) is 18.4. The lowest BCUT2D eigenvalue weighted by molar-refractivity contribution is -0.269. The van der Waals surface area contributed by atoms with Crippen LogP contribution in [0.3, 0.4) is 0 Å². The summed E-state index contributed by atoms with van der Waals surface area (Å²) in [5.74, 6) is 2.17. The summed E-state index contributed by atoms with van der Waals surface area (Å²) >= 11 is 0. The van der Waals surface area contributed by atoms with Crippen LogP contribution in [0.25, 0.3) is 0 Å². The van der Waals surface area contributed by atoms with Crippen molar-refractivity contribution >= 4 is 23.4 Å². The highest BCUT2D eigenvalue weighted by molar-refractivity contribution is 5.84. The molecule has 12 aliphatic rings. The van der Waals surface area contributed by atoms with E-state index in [1.165, 1.54) is 27.8 Å². The third-order valence-electron chi connectivity index (χ3n) is 18.4. The molecule has 14 rings (SSSR count). The van der Waals surface area contributed by atoms with Crippen LogP contribution in [0.5, 0.6) is 11.5 Å². The normalized spacial score (nSPS) is 42.8. The lowest BCUT2D eigenvalue weighted by Crippen LogP contribution is -2.81. The summed E-state index contributed by atoms with van der Waals surface area (Å²) in [4.78, 5) is 55.1. The number of aryl methyl sites for hydroxylation is 2. The summed E-state index contributed by atoms with van der Waals surface area (Å²) in [5.41, 5.74) is 5.52. The van der Waals surface area contributed by atoms with Crippen LogP contribution in [-0.4, -0.2) is 96.0 Å². The minimum Gasteiger partial charge on any atom is -0.486 e. The Morgan fingerprint density at radius 2 is 1.22 bits per heavy atom. The zero-order valence-electron chi connectivity index (χ0n) is 35.2. The molecule has 12 atom stereocenters. The van der Waals surface area contributed by atoms with Gasteiger partial charge in [-0.05, 0) is 101 Å². The van der Waals surface area contributed by atoms with Gasteiger partial charge in [0.05, 0.1) is 17.3 Å². The number of likely N-dealkylation sites (tertiary alicyclic amines) is 2. The SMILES string of the molecule is CO[C@]12C=C[C@@]3(C[C@@H]1C(C)=O)[C@H]1Cc4ccc(C)c5c4[C@@]3(CCN1C(C)=O)[C@H]2O5.CO[C@]12CC[C@@]3(C[C@@H]1C(C)=O)[C@H]1Cc4ccc(C)c5c4[C@@]3(CCN1C(C)=O)[C@H]2O5. The molecule has 4 heterocycles. The molecule has 2 aromatic carbocycles. The van der Waals surface area contributed by atoms with Gasteiger partial charge in [0.2, 0.25) is 11.8 Å². The first-order chi connectivity index (χ1) is 27.6. The molecule has 8 aliphatic carbocycles. The van der Waals surface area contributed by atoms with Crippen LogP contribution in [0.15, 0.2) is 36.4 Å². The number of methoxy groups -OCH3 is 2. The number of carbonyl (C=O) groups is 4. The van der Waals surface area contributed by atoms with Crippen LogP contribution in [0.4, 0.5) is 0 Å². The second kappa shape index (κ2) is 11.4. The van der Waals surface area contributed by atoms with Gasteiger partial charge in [0.1, 0.15) is 46.5 Å². The summed E-state index contributed by atoms with van der Waals surface area (Å²) < 4.78 is 26.1. The monoisotopic (exact) mass is 788 g/mol. The smallest absolute Gasteiger partial charge is 0.219 e. The van der Waals surface area contributed by atoms with Crippen LogP contribution in [0.2, 0.25) is 0 Å². The van der Waals surface area contributed by atoms with Crippen molar-refractivity contribution in [3.8, 4) is 11.5 Å². The summed E-state index contributed by atoms with van der Waals surface area (Å²) in [6.45, 7) is 12.5. The van der Waals surface area contributed by atoms with E-state index in [4.69, 9.17) is 18.9 Å². The molecule has 0 aromatic heterocycles. The molecule has 4 saturated carbocycles. The predicted molar refractivity (Wildman–Crippen MR) is 214 cm³/mol. The topological polar surface area (TPSA) is 112 Å². The van der Waals surface area contributed by atoms with Crippen molar-refractivity contribution in [3.63, 3.8) is 0 Å². The molecule has 2 amide bonds. The molecule has 0 unspecified atom stereocenters. The molecule has 8 bridgehead atoms. The number of ether oxygens (including phenoxy) is 4. The van der Waals surface area contributed by atoms with Crippen molar-refractivity contribution in [1.82, 2.24) is 9.80 Å². The van der Waals surface area contributed by atoms with E-state index in [-0.39, 0.29) is 81.2 Å². The molecule has 2 saturated heterocycles. The van der Waals surface area contributed by atoms with E-state index in [9.17, 15) is 19.2 Å². The number of fused-ring (bicyclic) bond motifs is 3. The standard InChI is InChI=1S/C24H29NO4.C24H27NO4/c2*1-13-5-6-16-11-18-22-7-8-24(28-4,17(12-22)14(2)26)21-23(22,19(16)20(13)29-21)9-10-25(18)15(3)27/h5-6,17-18,21H,7-12H2,1-4H3;5-8,17-18,21H,9-12H2,1-4H3/t2*17-,18-,21-,22-,23+,24-/m11/s1. The number of piperidine rings is 2. The maximum absolute atomic E-state index is 12.9. The summed E-state index contributed by atoms with van der Waals surface area (Å²) in [6.07, 6.45) is 10.8. The van der Waals surface area contributed by atoms with E-state index < -0.39 is 11.2 Å². The van der Waals surface area contributed by atoms with Crippen molar-refractivity contribution in [1.29, 1.82) is 0 Å². The van der Waals surface area contributed by atoms with Crippen molar-refractivity contribution in [2.75, 3.05) is 27.3 Å². The molecule has 0 radical (unpaired) electrons. The van der Waals surface area contributed by atoms with Crippen LogP contribution in [0.1, 0.15) is 99.6 Å². The zero-order valence-corrected chi connectivity index (χ0v) is 35.2. The second-order valence-corrected chi connectivity index (χ2v) is 19.8.